The number of rotatable bonds is 2. The summed E-state index contributed by atoms with van der Waals surface area (Å²) < 4.78 is 4.70. The summed E-state index contributed by atoms with van der Waals surface area (Å²) >= 11 is 1.23. The number of hydrogen-bond acceptors (Lipinski definition) is 5. The second-order valence-electron chi connectivity index (χ2n) is 3.80. The molecule has 0 N–H and O–H groups in total. The average Bonchev–Trinajstić information content (AvgIpc) is 2.80. The number of esters is 1. The van der Waals surface area contributed by atoms with E-state index in [1.807, 2.05) is 6.92 Å². The SMILES string of the molecule is COC(=O)c1c(N2C(=O)C=CC2=O)sc(C)c1C. The molecule has 1 aliphatic rings. The lowest BCUT2D eigenvalue weighted by molar-refractivity contribution is -0.119. The third-order valence-electron chi connectivity index (χ3n) is 2.77. The maximum Gasteiger partial charge on any atom is 0.341 e. The number of amides is 2. The van der Waals surface area contributed by atoms with Gasteiger partial charge in [-0.15, -0.1) is 11.3 Å². The first kappa shape index (κ1) is 12.5. The summed E-state index contributed by atoms with van der Waals surface area (Å²) in [7, 11) is 1.27. The van der Waals surface area contributed by atoms with Crippen LogP contribution in [-0.4, -0.2) is 24.9 Å². The minimum Gasteiger partial charge on any atom is -0.465 e. The molecule has 1 aliphatic heterocycles. The molecule has 0 aliphatic carbocycles. The normalized spacial score (nSPS) is 14.5. The van der Waals surface area contributed by atoms with Crippen LogP contribution >= 0.6 is 11.3 Å². The van der Waals surface area contributed by atoms with Gasteiger partial charge in [-0.25, -0.2) is 9.69 Å². The predicted octanol–water partition coefficient (Wildman–Crippen LogP) is 1.58. The predicted molar refractivity (Wildman–Crippen MR) is 66.8 cm³/mol. The van der Waals surface area contributed by atoms with Crippen LogP contribution in [0.15, 0.2) is 12.2 Å². The van der Waals surface area contributed by atoms with Gasteiger partial charge in [-0.2, -0.15) is 0 Å². The fourth-order valence-corrected chi connectivity index (χ4v) is 2.86. The van der Waals surface area contributed by atoms with Gasteiger partial charge in [0.15, 0.2) is 0 Å². The van der Waals surface area contributed by atoms with Crippen molar-refractivity contribution in [2.45, 2.75) is 13.8 Å². The smallest absolute Gasteiger partial charge is 0.341 e. The zero-order valence-corrected chi connectivity index (χ0v) is 11.0. The Kier molecular flexibility index (Phi) is 3.04. The molecule has 5 nitrogen and oxygen atoms in total. The van der Waals surface area contributed by atoms with E-state index in [4.69, 9.17) is 4.74 Å². The Labute approximate surface area is 108 Å². The van der Waals surface area contributed by atoms with Crippen molar-refractivity contribution in [1.29, 1.82) is 0 Å². The molecule has 6 heteroatoms. The average molecular weight is 265 g/mol. The van der Waals surface area contributed by atoms with Crippen LogP contribution in [0.2, 0.25) is 0 Å². The highest BCUT2D eigenvalue weighted by molar-refractivity contribution is 7.17. The third kappa shape index (κ3) is 1.74. The summed E-state index contributed by atoms with van der Waals surface area (Å²) in [6.07, 6.45) is 2.38. The first-order valence-corrected chi connectivity index (χ1v) is 6.03. The van der Waals surface area contributed by atoms with Gasteiger partial charge in [0.1, 0.15) is 5.00 Å². The molecule has 0 radical (unpaired) electrons. The first-order chi connectivity index (χ1) is 8.47. The quantitative estimate of drug-likeness (QED) is 0.601. The van der Waals surface area contributed by atoms with Gasteiger partial charge < -0.3 is 4.74 Å². The summed E-state index contributed by atoms with van der Waals surface area (Å²) in [5, 5.41) is 0.330. The summed E-state index contributed by atoms with van der Waals surface area (Å²) in [6.45, 7) is 3.59. The van der Waals surface area contributed by atoms with E-state index in [0.29, 0.717) is 5.00 Å². The highest BCUT2D eigenvalue weighted by Gasteiger charge is 2.32. The van der Waals surface area contributed by atoms with E-state index < -0.39 is 17.8 Å². The fourth-order valence-electron chi connectivity index (χ4n) is 1.71. The molecular formula is C12H11NO4S. The first-order valence-electron chi connectivity index (χ1n) is 5.21. The van der Waals surface area contributed by atoms with Gasteiger partial charge in [-0.1, -0.05) is 0 Å². The molecule has 2 heterocycles. The second-order valence-corrected chi connectivity index (χ2v) is 5.00. The molecule has 1 aromatic rings. The van der Waals surface area contributed by atoms with E-state index in [-0.39, 0.29) is 5.56 Å². The van der Waals surface area contributed by atoms with Crippen LogP contribution in [0.25, 0.3) is 0 Å². The van der Waals surface area contributed by atoms with Crippen molar-refractivity contribution in [3.63, 3.8) is 0 Å². The minimum atomic E-state index is -0.542. The van der Waals surface area contributed by atoms with Gasteiger partial charge in [-0.05, 0) is 19.4 Å². The summed E-state index contributed by atoms with van der Waals surface area (Å²) in [6, 6.07) is 0. The minimum absolute atomic E-state index is 0.283. The van der Waals surface area contributed by atoms with Crippen molar-refractivity contribution < 1.29 is 19.1 Å². The molecule has 0 atom stereocenters. The maximum absolute atomic E-state index is 11.8. The van der Waals surface area contributed by atoms with E-state index >= 15 is 0 Å². The molecule has 0 saturated carbocycles. The van der Waals surface area contributed by atoms with Gasteiger partial charge >= 0.3 is 5.97 Å². The van der Waals surface area contributed by atoms with E-state index in [9.17, 15) is 14.4 Å². The molecule has 0 saturated heterocycles. The number of imide groups is 1. The monoisotopic (exact) mass is 265 g/mol. The Morgan fingerprint density at radius 1 is 1.22 bits per heavy atom. The zero-order valence-electron chi connectivity index (χ0n) is 10.1. The molecule has 0 spiro atoms. The van der Waals surface area contributed by atoms with Crippen LogP contribution < -0.4 is 4.90 Å². The van der Waals surface area contributed by atoms with E-state index in [2.05, 4.69) is 0 Å². The molecule has 0 unspecified atom stereocenters. The van der Waals surface area contributed by atoms with E-state index in [1.54, 1.807) is 6.92 Å². The molecule has 0 aromatic carbocycles. The number of hydrogen-bond donors (Lipinski definition) is 0. The lowest BCUT2D eigenvalue weighted by atomic mass is 10.1. The largest absolute Gasteiger partial charge is 0.465 e. The van der Waals surface area contributed by atoms with Gasteiger partial charge in [0.25, 0.3) is 11.8 Å². The summed E-state index contributed by atoms with van der Waals surface area (Å²) in [4.78, 5) is 36.9. The van der Waals surface area contributed by atoms with E-state index in [0.717, 1.165) is 15.3 Å². The Morgan fingerprint density at radius 3 is 2.28 bits per heavy atom. The fraction of sp³-hybridized carbons (Fsp3) is 0.250. The molecule has 18 heavy (non-hydrogen) atoms. The molecule has 0 fully saturated rings. The number of thiophene rings is 1. The molecule has 1 aromatic heterocycles. The van der Waals surface area contributed by atoms with Gasteiger partial charge in [0.2, 0.25) is 0 Å². The standard InChI is InChI=1S/C12H11NO4S/c1-6-7(2)18-11(10(6)12(16)17-3)13-8(14)4-5-9(13)15/h4-5H,1-3H3. The van der Waals surface area contributed by atoms with Gasteiger partial charge in [-0.3, -0.25) is 9.59 Å². The van der Waals surface area contributed by atoms with Crippen LogP contribution in [-0.2, 0) is 14.3 Å². The second kappa shape index (κ2) is 4.38. The molecular weight excluding hydrogens is 254 g/mol. The third-order valence-corrected chi connectivity index (χ3v) is 3.96. The Hall–Kier alpha value is -1.95. The van der Waals surface area contributed by atoms with Crippen LogP contribution in [0.5, 0.6) is 0 Å². The van der Waals surface area contributed by atoms with E-state index in [1.165, 1.54) is 30.6 Å². The van der Waals surface area contributed by atoms with Crippen molar-refractivity contribution in [2.24, 2.45) is 0 Å². The highest BCUT2D eigenvalue weighted by atomic mass is 32.1. The maximum atomic E-state index is 11.8. The number of ether oxygens (including phenoxy) is 1. The van der Waals surface area contributed by atoms with Crippen LogP contribution in [0.4, 0.5) is 5.00 Å². The molecule has 94 valence electrons. The summed E-state index contributed by atoms with van der Waals surface area (Å²) in [5.41, 5.74) is 1.01. The Balaban J connectivity index is 2.58. The zero-order chi connectivity index (χ0) is 13.4. The van der Waals surface area contributed by atoms with Crippen molar-refractivity contribution in [3.05, 3.63) is 28.2 Å². The number of carbonyl (C=O) groups is 3. The number of carbonyl (C=O) groups excluding carboxylic acids is 3. The number of methoxy groups -OCH3 is 1. The molecule has 2 rings (SSSR count). The Morgan fingerprint density at radius 2 is 1.78 bits per heavy atom. The Bertz CT molecular complexity index is 567. The van der Waals surface area contributed by atoms with Crippen molar-refractivity contribution in [2.75, 3.05) is 12.0 Å². The lowest BCUT2D eigenvalue weighted by Gasteiger charge is -2.13. The van der Waals surface area contributed by atoms with Crippen molar-refractivity contribution >= 4 is 34.1 Å². The lowest BCUT2D eigenvalue weighted by Crippen LogP contribution is -2.30. The number of aryl methyl sites for hydroxylation is 1. The number of nitrogens with zero attached hydrogens (tertiary/aromatic N) is 1. The van der Waals surface area contributed by atoms with Gasteiger partial charge in [0, 0.05) is 17.0 Å². The van der Waals surface area contributed by atoms with Gasteiger partial charge in [0.05, 0.1) is 12.7 Å². The topological polar surface area (TPSA) is 63.7 Å². The molecule has 2 amide bonds. The van der Waals surface area contributed by atoms with Crippen molar-refractivity contribution in [3.8, 4) is 0 Å². The number of anilines is 1. The highest BCUT2D eigenvalue weighted by Crippen LogP contribution is 2.37. The van der Waals surface area contributed by atoms with Crippen LogP contribution in [0.3, 0.4) is 0 Å². The van der Waals surface area contributed by atoms with Crippen LogP contribution in [0.1, 0.15) is 20.8 Å². The summed E-state index contributed by atoms with van der Waals surface area (Å²) in [5.74, 6) is -1.42. The molecule has 0 bridgehead atoms. The van der Waals surface area contributed by atoms with Crippen LogP contribution in [0, 0.1) is 13.8 Å². The van der Waals surface area contributed by atoms with Crippen molar-refractivity contribution in [1.82, 2.24) is 0 Å².